The summed E-state index contributed by atoms with van der Waals surface area (Å²) in [4.78, 5) is 2.19. The highest BCUT2D eigenvalue weighted by atomic mass is 16.3. The Hall–Kier alpha value is -2.58. The summed E-state index contributed by atoms with van der Waals surface area (Å²) in [5.41, 5.74) is 0.250. The van der Waals surface area contributed by atoms with Crippen molar-refractivity contribution >= 4 is 0 Å². The molecule has 1 atom stereocenters. The molecule has 3 heterocycles. The van der Waals surface area contributed by atoms with Gasteiger partial charge in [0.2, 0.25) is 0 Å². The first-order valence-electron chi connectivity index (χ1n) is 7.95. The molecule has 4 rings (SSSR count). The predicted molar refractivity (Wildman–Crippen MR) is 86.2 cm³/mol. The highest BCUT2D eigenvalue weighted by Gasteiger charge is 2.37. The first kappa shape index (κ1) is 15.0. The molecule has 2 aromatic heterocycles. The van der Waals surface area contributed by atoms with Gasteiger partial charge in [0, 0.05) is 25.0 Å². The molecule has 3 aromatic rings. The van der Waals surface area contributed by atoms with Crippen molar-refractivity contribution < 1.29 is 5.11 Å². The van der Waals surface area contributed by atoms with Crippen molar-refractivity contribution in [2.75, 3.05) is 13.1 Å². The zero-order valence-electron chi connectivity index (χ0n) is 13.2. The third-order valence-corrected chi connectivity index (χ3v) is 4.36. The van der Waals surface area contributed by atoms with Crippen LogP contribution in [0.2, 0.25) is 0 Å². The summed E-state index contributed by atoms with van der Waals surface area (Å²) in [5.74, 6) is 0.867. The van der Waals surface area contributed by atoms with Gasteiger partial charge in [-0.1, -0.05) is 23.4 Å². The van der Waals surface area contributed by atoms with Crippen LogP contribution in [0.5, 0.6) is 0 Å². The van der Waals surface area contributed by atoms with Gasteiger partial charge in [-0.3, -0.25) is 9.47 Å². The monoisotopic (exact) mass is 325 g/mol. The normalized spacial score (nSPS) is 21.4. The molecule has 1 aromatic carbocycles. The molecule has 0 radical (unpaired) electrons. The minimum absolute atomic E-state index is 0.453. The van der Waals surface area contributed by atoms with Crippen LogP contribution in [0.15, 0.2) is 49.1 Å². The van der Waals surface area contributed by atoms with Crippen molar-refractivity contribution in [2.45, 2.75) is 25.1 Å². The Morgan fingerprint density at radius 3 is 2.83 bits per heavy atom. The predicted octanol–water partition coefficient (Wildman–Crippen LogP) is 0.496. The van der Waals surface area contributed by atoms with Gasteiger partial charge in [0.05, 0.1) is 24.9 Å². The van der Waals surface area contributed by atoms with Crippen molar-refractivity contribution in [3.05, 3.63) is 54.9 Å². The highest BCUT2D eigenvalue weighted by Crippen LogP contribution is 2.24. The fourth-order valence-electron chi connectivity index (χ4n) is 3.19. The van der Waals surface area contributed by atoms with E-state index < -0.39 is 5.60 Å². The Labute approximate surface area is 139 Å². The number of nitrogens with zero attached hydrogens (tertiary/aromatic N) is 7. The lowest BCUT2D eigenvalue weighted by atomic mass is 10.0. The molecule has 8 nitrogen and oxygen atoms in total. The summed E-state index contributed by atoms with van der Waals surface area (Å²) in [6.07, 6.45) is 5.82. The molecular formula is C16H19N7O. The van der Waals surface area contributed by atoms with E-state index in [9.17, 15) is 5.11 Å². The Bertz CT molecular complexity index is 786. The van der Waals surface area contributed by atoms with Crippen molar-refractivity contribution in [3.63, 3.8) is 0 Å². The molecule has 0 amide bonds. The number of hydrogen-bond donors (Lipinski definition) is 1. The number of β-amino-alcohol motifs (C(OH)–C–C–N with tert-alkyl or cyclic N) is 1. The van der Waals surface area contributed by atoms with Crippen LogP contribution in [0.1, 0.15) is 12.2 Å². The molecule has 1 aliphatic rings. The van der Waals surface area contributed by atoms with Gasteiger partial charge in [-0.05, 0) is 18.6 Å². The number of aliphatic hydroxyl groups is 1. The number of hydrogen-bond acceptors (Lipinski definition) is 6. The smallest absolute Gasteiger partial charge is 0.151 e. The van der Waals surface area contributed by atoms with Crippen LogP contribution in [-0.4, -0.2) is 58.5 Å². The van der Waals surface area contributed by atoms with E-state index in [-0.39, 0.29) is 0 Å². The molecule has 124 valence electrons. The second-order valence-corrected chi connectivity index (χ2v) is 6.24. The van der Waals surface area contributed by atoms with Gasteiger partial charge in [-0.15, -0.1) is 15.3 Å². The summed E-state index contributed by atoms with van der Waals surface area (Å²) in [5, 5.41) is 26.8. The molecule has 0 spiro atoms. The number of benzene rings is 1. The van der Waals surface area contributed by atoms with Crippen molar-refractivity contribution in [3.8, 4) is 5.69 Å². The summed E-state index contributed by atoms with van der Waals surface area (Å²) < 4.78 is 3.66. The first-order chi connectivity index (χ1) is 11.7. The Morgan fingerprint density at radius 1 is 1.17 bits per heavy atom. The van der Waals surface area contributed by atoms with Gasteiger partial charge in [0.1, 0.15) is 6.33 Å². The van der Waals surface area contributed by atoms with Gasteiger partial charge < -0.3 is 5.11 Å². The van der Waals surface area contributed by atoms with E-state index in [0.29, 0.717) is 26.1 Å². The Kier molecular flexibility index (Phi) is 3.83. The van der Waals surface area contributed by atoms with Gasteiger partial charge in [-0.2, -0.15) is 0 Å². The molecule has 24 heavy (non-hydrogen) atoms. The minimum atomic E-state index is -0.786. The van der Waals surface area contributed by atoms with Crippen molar-refractivity contribution in [1.29, 1.82) is 0 Å². The van der Waals surface area contributed by atoms with Crippen LogP contribution in [-0.2, 0) is 13.1 Å². The average Bonchev–Trinajstić information content (AvgIpc) is 3.31. The maximum absolute atomic E-state index is 10.8. The summed E-state index contributed by atoms with van der Waals surface area (Å²) in [6, 6.07) is 10.0. The fraction of sp³-hybridized carbons (Fsp3) is 0.375. The van der Waals surface area contributed by atoms with E-state index in [1.165, 1.54) is 0 Å². The second kappa shape index (κ2) is 6.14. The molecule has 1 unspecified atom stereocenters. The maximum atomic E-state index is 10.8. The molecule has 0 bridgehead atoms. The molecule has 0 aliphatic carbocycles. The van der Waals surface area contributed by atoms with Crippen LogP contribution < -0.4 is 0 Å². The van der Waals surface area contributed by atoms with E-state index in [2.05, 4.69) is 25.4 Å². The van der Waals surface area contributed by atoms with Crippen LogP contribution in [0.4, 0.5) is 0 Å². The minimum Gasteiger partial charge on any atom is -0.387 e. The quantitative estimate of drug-likeness (QED) is 0.735. The van der Waals surface area contributed by atoms with E-state index in [1.54, 1.807) is 23.4 Å². The fourth-order valence-corrected chi connectivity index (χ4v) is 3.19. The molecular weight excluding hydrogens is 306 g/mol. The van der Waals surface area contributed by atoms with Crippen LogP contribution >= 0.6 is 0 Å². The van der Waals surface area contributed by atoms with Crippen molar-refractivity contribution in [1.82, 2.24) is 34.7 Å². The molecule has 1 aliphatic heterocycles. The van der Waals surface area contributed by atoms with E-state index in [1.807, 2.05) is 34.9 Å². The van der Waals surface area contributed by atoms with Gasteiger partial charge in [-0.25, -0.2) is 4.68 Å². The standard InChI is InChI=1S/C16H19N7O/c24-16(12-22-9-7-17-20-22)6-8-21(11-16)10-15-19-18-13-23(15)14-4-2-1-3-5-14/h1-5,7,9,13,24H,6,8,10-12H2. The zero-order valence-corrected chi connectivity index (χ0v) is 13.2. The molecule has 1 N–H and O–H groups in total. The highest BCUT2D eigenvalue weighted by molar-refractivity contribution is 5.31. The Balaban J connectivity index is 1.45. The summed E-state index contributed by atoms with van der Waals surface area (Å²) in [7, 11) is 0. The van der Waals surface area contributed by atoms with Crippen LogP contribution in [0, 0.1) is 0 Å². The lowest BCUT2D eigenvalue weighted by molar-refractivity contribution is 0.0272. The number of para-hydroxylation sites is 1. The van der Waals surface area contributed by atoms with Gasteiger partial charge in [0.15, 0.2) is 5.82 Å². The largest absolute Gasteiger partial charge is 0.387 e. The Morgan fingerprint density at radius 2 is 2.04 bits per heavy atom. The lowest BCUT2D eigenvalue weighted by Crippen LogP contribution is -2.37. The van der Waals surface area contributed by atoms with E-state index in [4.69, 9.17) is 0 Å². The molecule has 8 heteroatoms. The van der Waals surface area contributed by atoms with Gasteiger partial charge in [0.25, 0.3) is 0 Å². The van der Waals surface area contributed by atoms with Crippen LogP contribution in [0.3, 0.4) is 0 Å². The van der Waals surface area contributed by atoms with Gasteiger partial charge >= 0.3 is 0 Å². The molecule has 1 fully saturated rings. The molecule has 0 saturated carbocycles. The topological polar surface area (TPSA) is 84.9 Å². The average molecular weight is 325 g/mol. The van der Waals surface area contributed by atoms with E-state index in [0.717, 1.165) is 18.1 Å². The summed E-state index contributed by atoms with van der Waals surface area (Å²) >= 11 is 0. The maximum Gasteiger partial charge on any atom is 0.151 e. The number of rotatable bonds is 5. The third-order valence-electron chi connectivity index (χ3n) is 4.36. The summed E-state index contributed by atoms with van der Waals surface area (Å²) in [6.45, 7) is 2.49. The molecule has 1 saturated heterocycles. The number of aromatic nitrogens is 6. The SMILES string of the molecule is OC1(Cn2ccnn2)CCN(Cc2nncn2-c2ccccc2)C1. The van der Waals surface area contributed by atoms with E-state index >= 15 is 0 Å². The lowest BCUT2D eigenvalue weighted by Gasteiger charge is -2.23. The van der Waals surface area contributed by atoms with Crippen molar-refractivity contribution in [2.24, 2.45) is 0 Å². The number of likely N-dealkylation sites (tertiary alicyclic amines) is 1. The second-order valence-electron chi connectivity index (χ2n) is 6.24. The van der Waals surface area contributed by atoms with Crippen LogP contribution in [0.25, 0.3) is 5.69 Å². The third kappa shape index (κ3) is 3.06. The zero-order chi connectivity index (χ0) is 16.4. The first-order valence-corrected chi connectivity index (χ1v) is 7.95.